The van der Waals surface area contributed by atoms with Gasteiger partial charge in [-0.3, -0.25) is 14.4 Å². The second kappa shape index (κ2) is 68.3. The fraction of sp³-hybridized carbons (Fsp3) is 0.592. The fourth-order valence-corrected chi connectivity index (χ4v) is 8.54. The van der Waals surface area contributed by atoms with Gasteiger partial charge in [0.15, 0.2) is 6.10 Å². The lowest BCUT2D eigenvalue weighted by molar-refractivity contribution is -0.167. The van der Waals surface area contributed by atoms with Gasteiger partial charge in [0.2, 0.25) is 0 Å². The number of hydrogen-bond acceptors (Lipinski definition) is 6. The number of carbonyl (C=O) groups is 3. The molecule has 0 aliphatic rings. The van der Waals surface area contributed by atoms with Crippen LogP contribution in [0.3, 0.4) is 0 Å². The zero-order valence-electron chi connectivity index (χ0n) is 52.7. The molecule has 0 N–H and O–H groups in total. The molecule has 82 heavy (non-hydrogen) atoms. The molecular weight excluding hydrogens is 1010 g/mol. The van der Waals surface area contributed by atoms with Crippen LogP contribution in [-0.4, -0.2) is 37.2 Å². The van der Waals surface area contributed by atoms with E-state index in [-0.39, 0.29) is 37.5 Å². The molecule has 0 saturated carbocycles. The van der Waals surface area contributed by atoms with Gasteiger partial charge in [-0.25, -0.2) is 0 Å². The van der Waals surface area contributed by atoms with Crippen LogP contribution >= 0.6 is 0 Å². The van der Waals surface area contributed by atoms with E-state index in [2.05, 4.69) is 191 Å². The number of unbranched alkanes of at least 4 members (excludes halogenated alkanes) is 19. The van der Waals surface area contributed by atoms with Gasteiger partial charge in [-0.15, -0.1) is 0 Å². The molecule has 0 aromatic carbocycles. The Kier molecular flexibility index (Phi) is 63.9. The average molecular weight is 1130 g/mol. The zero-order chi connectivity index (χ0) is 59.2. The first-order valence-corrected chi connectivity index (χ1v) is 33.1. The van der Waals surface area contributed by atoms with Crippen LogP contribution < -0.4 is 0 Å². The van der Waals surface area contributed by atoms with Crippen LogP contribution in [0.25, 0.3) is 0 Å². The first kappa shape index (κ1) is 76.8. The van der Waals surface area contributed by atoms with E-state index < -0.39 is 6.10 Å². The summed E-state index contributed by atoms with van der Waals surface area (Å²) in [5.41, 5.74) is 0. The SMILES string of the molecule is CC/C=C\C/C=C\C/C=C\C/C=C\C/C=C\C/C=C\CCCCCCCCC(=O)OCC(COC(=O)CCCCCCC/C=C\C/C=C\CCCCCC)OC(=O)CCCCCC/C=C\C/C=C\C/C=C\C/C=C\C/C=C\C/C=C\CC. The van der Waals surface area contributed by atoms with E-state index >= 15 is 0 Å². The summed E-state index contributed by atoms with van der Waals surface area (Å²) in [5, 5.41) is 0. The van der Waals surface area contributed by atoms with E-state index in [9.17, 15) is 14.4 Å². The monoisotopic (exact) mass is 1130 g/mol. The Balaban J connectivity index is 4.52. The van der Waals surface area contributed by atoms with Crippen molar-refractivity contribution in [1.29, 1.82) is 0 Å². The quantitative estimate of drug-likeness (QED) is 0.0261. The first-order chi connectivity index (χ1) is 40.5. The van der Waals surface area contributed by atoms with Gasteiger partial charge >= 0.3 is 17.9 Å². The number of esters is 3. The maximum absolute atomic E-state index is 12.9. The van der Waals surface area contributed by atoms with Gasteiger partial charge in [0, 0.05) is 19.3 Å². The van der Waals surface area contributed by atoms with Gasteiger partial charge < -0.3 is 14.2 Å². The average Bonchev–Trinajstić information content (AvgIpc) is 3.47. The van der Waals surface area contributed by atoms with Crippen molar-refractivity contribution in [2.45, 2.75) is 277 Å². The Bertz CT molecular complexity index is 1870. The normalized spacial score (nSPS) is 13.3. The standard InChI is InChI=1S/C76H120O6/c1-4-7-10-13-16-19-22-25-28-31-33-35-37-38-40-41-43-45-48-51-54-57-60-63-66-69-75(78)81-72-73(71-80-74(77)68-65-62-59-56-53-50-47-30-27-24-21-18-15-12-9-6-3)82-76(79)70-67-64-61-58-55-52-49-46-44-42-39-36-34-32-29-26-23-20-17-14-11-8-5-2/h7-8,10-11,16-17,19-21,24-26,28-30,33-36,38,40,42-45,47,49,52,73H,4-6,9,12-15,18,22-23,27,31-32,37,39,41,46,48,50-51,53-72H2,1-3H3/b10-7-,11-8-,19-16-,20-17-,24-21-,28-25-,29-26-,35-33-,36-34-,40-38-,44-42-,45-43-,47-30-,52-49-. The zero-order valence-corrected chi connectivity index (χ0v) is 52.7. The van der Waals surface area contributed by atoms with Crippen LogP contribution in [0.15, 0.2) is 170 Å². The first-order valence-electron chi connectivity index (χ1n) is 33.1. The Labute approximate surface area is 504 Å². The second-order valence-electron chi connectivity index (χ2n) is 21.3. The molecule has 0 fully saturated rings. The summed E-state index contributed by atoms with van der Waals surface area (Å²) in [6.45, 7) is 6.35. The van der Waals surface area contributed by atoms with Crippen molar-refractivity contribution < 1.29 is 28.6 Å². The van der Waals surface area contributed by atoms with E-state index in [1.165, 1.54) is 44.9 Å². The molecule has 0 bridgehead atoms. The fourth-order valence-electron chi connectivity index (χ4n) is 8.54. The minimum atomic E-state index is -0.816. The summed E-state index contributed by atoms with van der Waals surface area (Å²) in [5.74, 6) is -0.964. The highest BCUT2D eigenvalue weighted by molar-refractivity contribution is 5.71. The van der Waals surface area contributed by atoms with E-state index in [1.807, 2.05) is 0 Å². The molecule has 0 aliphatic heterocycles. The van der Waals surface area contributed by atoms with Crippen molar-refractivity contribution in [3.8, 4) is 0 Å². The molecule has 0 spiro atoms. The molecule has 0 rings (SSSR count). The van der Waals surface area contributed by atoms with Crippen LogP contribution in [0.5, 0.6) is 0 Å². The topological polar surface area (TPSA) is 78.9 Å². The minimum Gasteiger partial charge on any atom is -0.462 e. The third-order valence-corrected chi connectivity index (χ3v) is 13.4. The maximum Gasteiger partial charge on any atom is 0.306 e. The molecule has 0 aliphatic carbocycles. The Morgan fingerprint density at radius 3 is 0.744 bits per heavy atom. The highest BCUT2D eigenvalue weighted by Gasteiger charge is 2.19. The smallest absolute Gasteiger partial charge is 0.306 e. The number of ether oxygens (including phenoxy) is 3. The van der Waals surface area contributed by atoms with Crippen LogP contribution in [0.1, 0.15) is 271 Å². The molecule has 6 nitrogen and oxygen atoms in total. The lowest BCUT2D eigenvalue weighted by Crippen LogP contribution is -2.30. The van der Waals surface area contributed by atoms with Crippen molar-refractivity contribution in [3.05, 3.63) is 170 Å². The van der Waals surface area contributed by atoms with Gasteiger partial charge in [-0.05, 0) is 154 Å². The molecule has 1 atom stereocenters. The molecule has 0 saturated heterocycles. The Morgan fingerprint density at radius 2 is 0.476 bits per heavy atom. The third-order valence-electron chi connectivity index (χ3n) is 13.4. The molecule has 0 aromatic rings. The molecular formula is C76H120O6. The molecule has 6 heteroatoms. The second-order valence-corrected chi connectivity index (χ2v) is 21.3. The Morgan fingerprint density at radius 1 is 0.256 bits per heavy atom. The van der Waals surface area contributed by atoms with Crippen molar-refractivity contribution in [2.24, 2.45) is 0 Å². The molecule has 0 amide bonds. The van der Waals surface area contributed by atoms with E-state index in [4.69, 9.17) is 14.2 Å². The Hall–Kier alpha value is -5.23. The van der Waals surface area contributed by atoms with Crippen molar-refractivity contribution in [1.82, 2.24) is 0 Å². The summed E-state index contributed by atoms with van der Waals surface area (Å²) in [6, 6.07) is 0. The highest BCUT2D eigenvalue weighted by Crippen LogP contribution is 2.14. The molecule has 0 heterocycles. The highest BCUT2D eigenvalue weighted by atomic mass is 16.6. The van der Waals surface area contributed by atoms with E-state index in [1.54, 1.807) is 0 Å². The van der Waals surface area contributed by atoms with Gasteiger partial charge in [-0.1, -0.05) is 268 Å². The van der Waals surface area contributed by atoms with Crippen molar-refractivity contribution in [2.75, 3.05) is 13.2 Å². The maximum atomic E-state index is 12.9. The van der Waals surface area contributed by atoms with Gasteiger partial charge in [0.05, 0.1) is 0 Å². The third kappa shape index (κ3) is 65.6. The summed E-state index contributed by atoms with van der Waals surface area (Å²) in [6.07, 6.45) is 101. The number of rotatable bonds is 58. The van der Waals surface area contributed by atoms with Crippen molar-refractivity contribution in [3.63, 3.8) is 0 Å². The molecule has 0 radical (unpaired) electrons. The van der Waals surface area contributed by atoms with E-state index in [0.29, 0.717) is 12.8 Å². The lowest BCUT2D eigenvalue weighted by Gasteiger charge is -2.18. The molecule has 1 unspecified atom stereocenters. The van der Waals surface area contributed by atoms with Gasteiger partial charge in [0.1, 0.15) is 13.2 Å². The number of allylic oxidation sites excluding steroid dienone is 28. The summed E-state index contributed by atoms with van der Waals surface area (Å²) < 4.78 is 16.9. The number of hydrogen-bond donors (Lipinski definition) is 0. The molecule has 0 aromatic heterocycles. The summed E-state index contributed by atoms with van der Waals surface area (Å²) in [7, 11) is 0. The predicted molar refractivity (Wildman–Crippen MR) is 357 cm³/mol. The van der Waals surface area contributed by atoms with Gasteiger partial charge in [0.25, 0.3) is 0 Å². The predicted octanol–water partition coefficient (Wildman–Crippen LogP) is 23.0. The van der Waals surface area contributed by atoms with Crippen LogP contribution in [-0.2, 0) is 28.6 Å². The van der Waals surface area contributed by atoms with Crippen LogP contribution in [0, 0.1) is 0 Å². The van der Waals surface area contributed by atoms with Crippen molar-refractivity contribution >= 4 is 17.9 Å². The van der Waals surface area contributed by atoms with Gasteiger partial charge in [-0.2, -0.15) is 0 Å². The molecule has 460 valence electrons. The van der Waals surface area contributed by atoms with E-state index in [0.717, 1.165) is 186 Å². The lowest BCUT2D eigenvalue weighted by atomic mass is 10.1. The van der Waals surface area contributed by atoms with Crippen LogP contribution in [0.4, 0.5) is 0 Å². The largest absolute Gasteiger partial charge is 0.462 e. The van der Waals surface area contributed by atoms with Crippen LogP contribution in [0.2, 0.25) is 0 Å². The summed E-state index contributed by atoms with van der Waals surface area (Å²) >= 11 is 0. The minimum absolute atomic E-state index is 0.108. The summed E-state index contributed by atoms with van der Waals surface area (Å²) in [4.78, 5) is 38.4. The number of carbonyl (C=O) groups excluding carboxylic acids is 3.